The molecule has 1 aromatic heterocycles. The molecular weight excluding hydrogens is 208 g/mol. The molecule has 16 heavy (non-hydrogen) atoms. The SMILES string of the molecule is COc1ccc(NC(=O)CCCCO)cn1. The van der Waals surface area contributed by atoms with Crippen LogP contribution in [0.1, 0.15) is 19.3 Å². The number of hydrogen-bond donors (Lipinski definition) is 2. The van der Waals surface area contributed by atoms with Gasteiger partial charge < -0.3 is 15.2 Å². The van der Waals surface area contributed by atoms with Crippen molar-refractivity contribution in [2.45, 2.75) is 19.3 Å². The first-order valence-corrected chi connectivity index (χ1v) is 5.17. The average molecular weight is 224 g/mol. The number of ether oxygens (including phenoxy) is 1. The molecule has 0 saturated carbocycles. The Labute approximate surface area is 94.5 Å². The van der Waals surface area contributed by atoms with Gasteiger partial charge >= 0.3 is 0 Å². The third-order valence-corrected chi connectivity index (χ3v) is 2.04. The molecule has 1 rings (SSSR count). The van der Waals surface area contributed by atoms with E-state index in [1.165, 1.54) is 7.11 Å². The molecule has 0 saturated heterocycles. The Bertz CT molecular complexity index is 325. The number of nitrogens with zero attached hydrogens (tertiary/aromatic N) is 1. The molecule has 2 N–H and O–H groups in total. The predicted molar refractivity (Wildman–Crippen MR) is 60.4 cm³/mol. The molecule has 88 valence electrons. The summed E-state index contributed by atoms with van der Waals surface area (Å²) in [6, 6.07) is 3.42. The lowest BCUT2D eigenvalue weighted by atomic mass is 10.2. The molecule has 0 radical (unpaired) electrons. The van der Waals surface area contributed by atoms with Gasteiger partial charge in [-0.15, -0.1) is 0 Å². The van der Waals surface area contributed by atoms with Gasteiger partial charge in [-0.1, -0.05) is 0 Å². The number of hydrogen-bond acceptors (Lipinski definition) is 4. The third kappa shape index (κ3) is 4.27. The molecule has 0 aliphatic heterocycles. The maximum absolute atomic E-state index is 11.4. The van der Waals surface area contributed by atoms with E-state index in [1.807, 2.05) is 0 Å². The van der Waals surface area contributed by atoms with Crippen molar-refractivity contribution in [1.82, 2.24) is 4.98 Å². The minimum absolute atomic E-state index is 0.0691. The fraction of sp³-hybridized carbons (Fsp3) is 0.455. The third-order valence-electron chi connectivity index (χ3n) is 2.04. The topological polar surface area (TPSA) is 71.5 Å². The second-order valence-corrected chi connectivity index (χ2v) is 3.32. The Balaban J connectivity index is 2.37. The predicted octanol–water partition coefficient (Wildman–Crippen LogP) is 1.19. The van der Waals surface area contributed by atoms with Crippen LogP contribution in [0.5, 0.6) is 5.88 Å². The molecule has 0 spiro atoms. The van der Waals surface area contributed by atoms with Gasteiger partial charge in [0.15, 0.2) is 0 Å². The maximum Gasteiger partial charge on any atom is 0.224 e. The van der Waals surface area contributed by atoms with E-state index in [2.05, 4.69) is 10.3 Å². The van der Waals surface area contributed by atoms with Crippen LogP contribution in [0.4, 0.5) is 5.69 Å². The zero-order valence-corrected chi connectivity index (χ0v) is 9.27. The molecule has 0 atom stereocenters. The number of carbonyl (C=O) groups is 1. The van der Waals surface area contributed by atoms with Crippen molar-refractivity contribution in [3.05, 3.63) is 18.3 Å². The summed E-state index contributed by atoms with van der Waals surface area (Å²) in [5, 5.41) is 11.3. The summed E-state index contributed by atoms with van der Waals surface area (Å²) in [4.78, 5) is 15.4. The fourth-order valence-electron chi connectivity index (χ4n) is 1.20. The van der Waals surface area contributed by atoms with E-state index in [4.69, 9.17) is 9.84 Å². The summed E-state index contributed by atoms with van der Waals surface area (Å²) in [5.41, 5.74) is 0.648. The van der Waals surface area contributed by atoms with E-state index in [0.717, 1.165) is 0 Å². The monoisotopic (exact) mass is 224 g/mol. The van der Waals surface area contributed by atoms with Crippen molar-refractivity contribution < 1.29 is 14.6 Å². The van der Waals surface area contributed by atoms with Crippen LogP contribution in [0, 0.1) is 0 Å². The molecule has 0 aliphatic rings. The van der Waals surface area contributed by atoms with E-state index >= 15 is 0 Å². The lowest BCUT2D eigenvalue weighted by Gasteiger charge is -2.05. The maximum atomic E-state index is 11.4. The zero-order chi connectivity index (χ0) is 11.8. The van der Waals surface area contributed by atoms with Gasteiger partial charge in [0.2, 0.25) is 11.8 Å². The fourth-order valence-corrected chi connectivity index (χ4v) is 1.20. The second kappa shape index (κ2) is 6.79. The first-order chi connectivity index (χ1) is 7.76. The first-order valence-electron chi connectivity index (χ1n) is 5.17. The minimum atomic E-state index is -0.0691. The van der Waals surface area contributed by atoms with E-state index < -0.39 is 0 Å². The number of rotatable bonds is 6. The highest BCUT2D eigenvalue weighted by molar-refractivity contribution is 5.90. The number of unbranched alkanes of at least 4 members (excludes halogenated alkanes) is 1. The number of nitrogens with one attached hydrogen (secondary N) is 1. The standard InChI is InChI=1S/C11H16N2O3/c1-16-11-6-5-9(8-12-11)13-10(15)4-2-3-7-14/h5-6,8,14H,2-4,7H2,1H3,(H,13,15). The largest absolute Gasteiger partial charge is 0.481 e. The van der Waals surface area contributed by atoms with Crippen LogP contribution in [-0.2, 0) is 4.79 Å². The molecule has 1 aromatic rings. The molecule has 0 unspecified atom stereocenters. The quantitative estimate of drug-likeness (QED) is 0.712. The highest BCUT2D eigenvalue weighted by atomic mass is 16.5. The van der Waals surface area contributed by atoms with Crippen molar-refractivity contribution in [1.29, 1.82) is 0 Å². The summed E-state index contributed by atoms with van der Waals surface area (Å²) < 4.78 is 4.90. The molecule has 1 amide bonds. The molecule has 1 heterocycles. The Hall–Kier alpha value is -1.62. The number of anilines is 1. The molecule has 5 heteroatoms. The van der Waals surface area contributed by atoms with E-state index in [0.29, 0.717) is 30.8 Å². The summed E-state index contributed by atoms with van der Waals surface area (Å²) in [7, 11) is 1.54. The van der Waals surface area contributed by atoms with Crippen LogP contribution in [0.25, 0.3) is 0 Å². The number of aliphatic hydroxyl groups excluding tert-OH is 1. The van der Waals surface area contributed by atoms with Crippen molar-refractivity contribution in [3.8, 4) is 5.88 Å². The van der Waals surface area contributed by atoms with Crippen molar-refractivity contribution in [2.24, 2.45) is 0 Å². The smallest absolute Gasteiger partial charge is 0.224 e. The highest BCUT2D eigenvalue weighted by Gasteiger charge is 2.02. The number of pyridine rings is 1. The van der Waals surface area contributed by atoms with Crippen LogP contribution in [0.3, 0.4) is 0 Å². The number of carbonyl (C=O) groups excluding carboxylic acids is 1. The van der Waals surface area contributed by atoms with Gasteiger partial charge in [0.05, 0.1) is 19.0 Å². The summed E-state index contributed by atoms with van der Waals surface area (Å²) >= 11 is 0. The number of methoxy groups -OCH3 is 1. The van der Waals surface area contributed by atoms with Gasteiger partial charge in [-0.3, -0.25) is 4.79 Å². The second-order valence-electron chi connectivity index (χ2n) is 3.32. The Morgan fingerprint density at radius 1 is 1.50 bits per heavy atom. The zero-order valence-electron chi connectivity index (χ0n) is 9.27. The molecule has 0 fully saturated rings. The number of amides is 1. The van der Waals surface area contributed by atoms with Gasteiger partial charge in [-0.05, 0) is 18.9 Å². The molecule has 0 aliphatic carbocycles. The lowest BCUT2D eigenvalue weighted by molar-refractivity contribution is -0.116. The molecule has 5 nitrogen and oxygen atoms in total. The first kappa shape index (κ1) is 12.4. The molecule has 0 aromatic carbocycles. The Kier molecular flexibility index (Phi) is 5.28. The van der Waals surface area contributed by atoms with Gasteiger partial charge in [0, 0.05) is 19.1 Å². The van der Waals surface area contributed by atoms with Crippen LogP contribution in [-0.4, -0.2) is 29.7 Å². The minimum Gasteiger partial charge on any atom is -0.481 e. The van der Waals surface area contributed by atoms with Crippen LogP contribution in [0.2, 0.25) is 0 Å². The highest BCUT2D eigenvalue weighted by Crippen LogP contribution is 2.11. The summed E-state index contributed by atoms with van der Waals surface area (Å²) in [6.07, 6.45) is 3.29. The van der Waals surface area contributed by atoms with Crippen molar-refractivity contribution in [3.63, 3.8) is 0 Å². The summed E-state index contributed by atoms with van der Waals surface area (Å²) in [6.45, 7) is 0.122. The summed E-state index contributed by atoms with van der Waals surface area (Å²) in [5.74, 6) is 0.443. The van der Waals surface area contributed by atoms with Crippen LogP contribution < -0.4 is 10.1 Å². The number of aliphatic hydroxyl groups is 1. The van der Waals surface area contributed by atoms with Crippen LogP contribution >= 0.6 is 0 Å². The van der Waals surface area contributed by atoms with Gasteiger partial charge in [0.1, 0.15) is 0 Å². The average Bonchev–Trinajstić information content (AvgIpc) is 2.30. The number of aromatic nitrogens is 1. The Morgan fingerprint density at radius 2 is 2.31 bits per heavy atom. The lowest BCUT2D eigenvalue weighted by Crippen LogP contribution is -2.11. The molecular formula is C11H16N2O3. The van der Waals surface area contributed by atoms with Crippen LogP contribution in [0.15, 0.2) is 18.3 Å². The van der Waals surface area contributed by atoms with Crippen molar-refractivity contribution in [2.75, 3.05) is 19.0 Å². The van der Waals surface area contributed by atoms with Gasteiger partial charge in [0.25, 0.3) is 0 Å². The Morgan fingerprint density at radius 3 is 2.88 bits per heavy atom. The van der Waals surface area contributed by atoms with Gasteiger partial charge in [-0.25, -0.2) is 4.98 Å². The normalized spacial score (nSPS) is 9.88. The van der Waals surface area contributed by atoms with Gasteiger partial charge in [-0.2, -0.15) is 0 Å². The van der Waals surface area contributed by atoms with E-state index in [9.17, 15) is 4.79 Å². The molecule has 0 bridgehead atoms. The van der Waals surface area contributed by atoms with E-state index in [1.54, 1.807) is 18.3 Å². The van der Waals surface area contributed by atoms with E-state index in [-0.39, 0.29) is 12.5 Å². The van der Waals surface area contributed by atoms with Crippen molar-refractivity contribution >= 4 is 11.6 Å².